The summed E-state index contributed by atoms with van der Waals surface area (Å²) in [4.78, 5) is 13.6. The summed E-state index contributed by atoms with van der Waals surface area (Å²) in [6.07, 6.45) is 8.66. The van der Waals surface area contributed by atoms with Crippen LogP contribution >= 0.6 is 0 Å². The van der Waals surface area contributed by atoms with Crippen molar-refractivity contribution in [1.82, 2.24) is 0 Å². The van der Waals surface area contributed by atoms with Gasteiger partial charge < -0.3 is 9.52 Å². The second kappa shape index (κ2) is 11.8. The lowest BCUT2D eigenvalue weighted by atomic mass is 9.75. The maximum atomic E-state index is 13.4. The summed E-state index contributed by atoms with van der Waals surface area (Å²) in [5.74, 6) is 1.06. The third kappa shape index (κ3) is 6.02. The molecule has 42 heavy (non-hydrogen) atoms. The first kappa shape index (κ1) is 28.3. The highest BCUT2D eigenvalue weighted by Crippen LogP contribution is 2.53. The van der Waals surface area contributed by atoms with Crippen LogP contribution < -0.4 is 10.3 Å². The van der Waals surface area contributed by atoms with Crippen molar-refractivity contribution in [2.24, 2.45) is 0 Å². The molecule has 0 aliphatic heterocycles. The fourth-order valence-electron chi connectivity index (χ4n) is 6.49. The molecule has 0 radical (unpaired) electrons. The Morgan fingerprint density at radius 2 is 1.50 bits per heavy atom. The number of aromatic hydroxyl groups is 1. The van der Waals surface area contributed by atoms with Crippen molar-refractivity contribution in [2.75, 3.05) is 4.72 Å². The lowest BCUT2D eigenvalue weighted by Crippen LogP contribution is -2.27. The fraction of sp³-hybridized carbons (Fsp3) is 0.343. The van der Waals surface area contributed by atoms with Gasteiger partial charge in [0.1, 0.15) is 11.5 Å². The van der Waals surface area contributed by atoms with Gasteiger partial charge in [-0.15, -0.1) is 0 Å². The van der Waals surface area contributed by atoms with Crippen LogP contribution in [0.4, 0.5) is 5.69 Å². The zero-order valence-electron chi connectivity index (χ0n) is 23.7. The van der Waals surface area contributed by atoms with E-state index in [0.717, 1.165) is 68.3 Å². The predicted molar refractivity (Wildman–Crippen MR) is 165 cm³/mol. The Balaban J connectivity index is 1.24. The van der Waals surface area contributed by atoms with Crippen LogP contribution in [0.2, 0.25) is 0 Å². The Kier molecular flexibility index (Phi) is 7.95. The molecule has 2 aliphatic rings. The topological polar surface area (TPSA) is 96.6 Å². The molecular formula is C35H37NO5S. The molecule has 2 fully saturated rings. The predicted octanol–water partition coefficient (Wildman–Crippen LogP) is 7.25. The molecule has 0 spiro atoms. The van der Waals surface area contributed by atoms with E-state index >= 15 is 0 Å². The molecule has 6 nitrogen and oxygen atoms in total. The Bertz CT molecular complexity index is 1700. The fourth-order valence-corrected chi connectivity index (χ4v) is 7.56. The highest BCUT2D eigenvalue weighted by Gasteiger charge is 2.44. The average molecular weight is 584 g/mol. The zero-order valence-corrected chi connectivity index (χ0v) is 24.5. The van der Waals surface area contributed by atoms with Gasteiger partial charge in [0.15, 0.2) is 0 Å². The van der Waals surface area contributed by atoms with E-state index in [1.54, 1.807) is 48.5 Å². The number of nitrogens with one attached hydrogen (secondary N) is 1. The van der Waals surface area contributed by atoms with Crippen LogP contribution in [0.5, 0.6) is 5.75 Å². The van der Waals surface area contributed by atoms with Crippen LogP contribution in [0.15, 0.2) is 99.0 Å². The van der Waals surface area contributed by atoms with E-state index < -0.39 is 15.6 Å². The van der Waals surface area contributed by atoms with Crippen molar-refractivity contribution in [3.8, 4) is 5.75 Å². The van der Waals surface area contributed by atoms with E-state index in [1.165, 1.54) is 5.56 Å². The number of aryl methyl sites for hydroxylation is 2. The van der Waals surface area contributed by atoms with Gasteiger partial charge in [0.2, 0.25) is 0 Å². The molecule has 0 saturated heterocycles. The van der Waals surface area contributed by atoms with Gasteiger partial charge in [-0.05, 0) is 92.7 Å². The molecule has 2 saturated carbocycles. The smallest absolute Gasteiger partial charge is 0.342 e. The number of anilines is 1. The molecule has 1 heterocycles. The Labute approximate surface area is 247 Å². The average Bonchev–Trinajstić information content (AvgIpc) is 3.72. The lowest BCUT2D eigenvalue weighted by Gasteiger charge is -2.30. The largest absolute Gasteiger partial charge is 0.507 e. The summed E-state index contributed by atoms with van der Waals surface area (Å²) in [7, 11) is -3.72. The number of sulfonamides is 1. The van der Waals surface area contributed by atoms with E-state index in [-0.39, 0.29) is 22.0 Å². The van der Waals surface area contributed by atoms with Crippen LogP contribution in [-0.4, -0.2) is 13.5 Å². The Hall–Kier alpha value is -3.84. The summed E-state index contributed by atoms with van der Waals surface area (Å²) in [6, 6.07) is 25.8. The Morgan fingerprint density at radius 1 is 0.833 bits per heavy atom. The molecule has 2 aliphatic carbocycles. The van der Waals surface area contributed by atoms with Crippen LogP contribution in [0.1, 0.15) is 78.9 Å². The standard InChI is InChI=1S/C35H37NO5S/c37-32-30(19-16-26-12-9-13-28(24-26)36-42(39,40)29-14-5-2-6-15-29)34(38)41-33(31(32)27-17-18-27)35(21-7-8-22-35)23-20-25-10-3-1-4-11-25/h1-6,9-15,24,27,36-37H,7-8,16-23H2. The normalized spacial score (nSPS) is 16.4. The molecule has 0 amide bonds. The molecular weight excluding hydrogens is 546 g/mol. The lowest BCUT2D eigenvalue weighted by molar-refractivity contribution is 0.287. The number of benzene rings is 3. The summed E-state index contributed by atoms with van der Waals surface area (Å²) in [5.41, 5.74) is 3.05. The summed E-state index contributed by atoms with van der Waals surface area (Å²) in [5, 5.41) is 11.6. The van der Waals surface area contributed by atoms with Crippen molar-refractivity contribution in [3.63, 3.8) is 0 Å². The first-order valence-electron chi connectivity index (χ1n) is 14.9. The number of hydrogen-bond acceptors (Lipinski definition) is 5. The monoisotopic (exact) mass is 583 g/mol. The molecule has 0 atom stereocenters. The maximum Gasteiger partial charge on any atom is 0.342 e. The first-order valence-corrected chi connectivity index (χ1v) is 16.4. The summed E-state index contributed by atoms with van der Waals surface area (Å²) in [6.45, 7) is 0. The minimum absolute atomic E-state index is 0.107. The van der Waals surface area contributed by atoms with Gasteiger partial charge in [0, 0.05) is 16.7 Å². The molecule has 6 rings (SSSR count). The van der Waals surface area contributed by atoms with E-state index in [4.69, 9.17) is 4.42 Å². The van der Waals surface area contributed by atoms with Gasteiger partial charge in [0.05, 0.1) is 10.5 Å². The second-order valence-corrected chi connectivity index (χ2v) is 13.5. The molecule has 0 bridgehead atoms. The van der Waals surface area contributed by atoms with Gasteiger partial charge in [-0.1, -0.05) is 73.5 Å². The van der Waals surface area contributed by atoms with Crippen LogP contribution in [0.25, 0.3) is 0 Å². The third-order valence-electron chi connectivity index (χ3n) is 8.89. The molecule has 4 aromatic rings. The van der Waals surface area contributed by atoms with Crippen molar-refractivity contribution < 1.29 is 17.9 Å². The van der Waals surface area contributed by atoms with Gasteiger partial charge in [-0.25, -0.2) is 13.2 Å². The van der Waals surface area contributed by atoms with Crippen LogP contribution in [0.3, 0.4) is 0 Å². The molecule has 1 aromatic heterocycles. The molecule has 2 N–H and O–H groups in total. The van der Waals surface area contributed by atoms with Gasteiger partial charge in [0.25, 0.3) is 10.0 Å². The second-order valence-electron chi connectivity index (χ2n) is 11.8. The molecule has 3 aromatic carbocycles. The highest BCUT2D eigenvalue weighted by atomic mass is 32.2. The third-order valence-corrected chi connectivity index (χ3v) is 10.3. The van der Waals surface area contributed by atoms with Crippen molar-refractivity contribution >= 4 is 15.7 Å². The van der Waals surface area contributed by atoms with E-state index in [1.807, 2.05) is 12.1 Å². The minimum Gasteiger partial charge on any atom is -0.507 e. The van der Waals surface area contributed by atoms with E-state index in [0.29, 0.717) is 24.1 Å². The van der Waals surface area contributed by atoms with Gasteiger partial charge in [-0.3, -0.25) is 4.72 Å². The number of hydrogen-bond donors (Lipinski definition) is 2. The first-order chi connectivity index (χ1) is 20.3. The zero-order chi connectivity index (χ0) is 29.2. The summed E-state index contributed by atoms with van der Waals surface area (Å²) < 4.78 is 34.4. The summed E-state index contributed by atoms with van der Waals surface area (Å²) >= 11 is 0. The van der Waals surface area contributed by atoms with Crippen LogP contribution in [0, 0.1) is 0 Å². The Morgan fingerprint density at radius 3 is 2.19 bits per heavy atom. The van der Waals surface area contributed by atoms with Gasteiger partial charge in [-0.2, -0.15) is 0 Å². The number of rotatable bonds is 11. The maximum absolute atomic E-state index is 13.4. The van der Waals surface area contributed by atoms with E-state index in [9.17, 15) is 18.3 Å². The van der Waals surface area contributed by atoms with Crippen molar-refractivity contribution in [3.05, 3.63) is 123 Å². The minimum atomic E-state index is -3.72. The van der Waals surface area contributed by atoms with Crippen LogP contribution in [-0.2, 0) is 34.7 Å². The molecule has 7 heteroatoms. The van der Waals surface area contributed by atoms with Crippen molar-refractivity contribution in [2.45, 2.75) is 80.4 Å². The quantitative estimate of drug-likeness (QED) is 0.194. The molecule has 0 unspecified atom stereocenters. The van der Waals surface area contributed by atoms with E-state index in [2.05, 4.69) is 29.0 Å². The van der Waals surface area contributed by atoms with Crippen molar-refractivity contribution in [1.29, 1.82) is 0 Å². The molecule has 218 valence electrons. The SMILES string of the molecule is O=c1oc(C2(CCc3ccccc3)CCCC2)c(C2CC2)c(O)c1CCc1cccc(NS(=O)(=O)c2ccccc2)c1. The van der Waals surface area contributed by atoms with Gasteiger partial charge >= 0.3 is 5.63 Å². The highest BCUT2D eigenvalue weighted by molar-refractivity contribution is 7.92.